The highest BCUT2D eigenvalue weighted by Crippen LogP contribution is 2.15. The molecule has 5 heteroatoms. The van der Waals surface area contributed by atoms with Gasteiger partial charge in [-0.25, -0.2) is 9.59 Å². The lowest BCUT2D eigenvalue weighted by molar-refractivity contribution is -0.136. The molecule has 0 aliphatic rings. The van der Waals surface area contributed by atoms with Gasteiger partial charge in [-0.3, -0.25) is 4.79 Å². The fraction of sp³-hybridized carbons (Fsp3) is 0.136. The van der Waals surface area contributed by atoms with Crippen LogP contribution in [0.25, 0.3) is 0 Å². The van der Waals surface area contributed by atoms with Gasteiger partial charge in [0, 0.05) is 11.6 Å². The smallest absolute Gasteiger partial charge is 0.343 e. The third kappa shape index (κ3) is 6.40. The van der Waals surface area contributed by atoms with Gasteiger partial charge in [0.2, 0.25) is 0 Å². The molecule has 0 saturated heterocycles. The van der Waals surface area contributed by atoms with Crippen LogP contribution in [0.1, 0.15) is 33.2 Å². The van der Waals surface area contributed by atoms with Crippen LogP contribution in [0.5, 0.6) is 5.75 Å². The highest BCUT2D eigenvalue weighted by atomic mass is 16.5. The van der Waals surface area contributed by atoms with Crippen molar-refractivity contribution in [3.8, 4) is 5.75 Å². The first-order valence-electron chi connectivity index (χ1n) is 8.38. The van der Waals surface area contributed by atoms with E-state index in [9.17, 15) is 14.4 Å². The van der Waals surface area contributed by atoms with E-state index in [2.05, 4.69) is 0 Å². The predicted octanol–water partition coefficient (Wildman–Crippen LogP) is 4.07. The van der Waals surface area contributed by atoms with Crippen molar-refractivity contribution in [2.75, 3.05) is 6.61 Å². The molecule has 0 N–H and O–H groups in total. The molecule has 0 bridgehead atoms. The minimum atomic E-state index is -0.593. The maximum absolute atomic E-state index is 12.1. The first-order chi connectivity index (χ1) is 13.0. The van der Waals surface area contributed by atoms with Gasteiger partial charge in [0.05, 0.1) is 5.56 Å². The van der Waals surface area contributed by atoms with Gasteiger partial charge < -0.3 is 9.47 Å². The maximum atomic E-state index is 12.1. The molecule has 2 aromatic carbocycles. The van der Waals surface area contributed by atoms with E-state index in [1.807, 2.05) is 26.0 Å². The van der Waals surface area contributed by atoms with Gasteiger partial charge in [-0.1, -0.05) is 35.9 Å². The number of rotatable bonds is 7. The fourth-order valence-corrected chi connectivity index (χ4v) is 2.08. The van der Waals surface area contributed by atoms with E-state index < -0.39 is 11.9 Å². The Labute approximate surface area is 157 Å². The number of esters is 2. The summed E-state index contributed by atoms with van der Waals surface area (Å²) < 4.78 is 10.1. The summed E-state index contributed by atoms with van der Waals surface area (Å²) in [7, 11) is 0. The van der Waals surface area contributed by atoms with E-state index >= 15 is 0 Å². The van der Waals surface area contributed by atoms with Crippen LogP contribution in [0, 0.1) is 6.92 Å². The summed E-state index contributed by atoms with van der Waals surface area (Å²) in [6.45, 7) is 3.39. The molecule has 2 aromatic rings. The monoisotopic (exact) mass is 364 g/mol. The van der Waals surface area contributed by atoms with Gasteiger partial charge in [-0.15, -0.1) is 0 Å². The number of hydrogen-bond acceptors (Lipinski definition) is 5. The minimum absolute atomic E-state index is 0.323. The zero-order chi connectivity index (χ0) is 19.6. The SMILES string of the molecule is C/C=C/C=C/C(=O)OCC(=O)c1ccc(OC(=O)c2ccc(C)cc2)cc1. The second-order valence-corrected chi connectivity index (χ2v) is 5.70. The molecule has 0 fully saturated rings. The van der Waals surface area contributed by atoms with Gasteiger partial charge in [-0.05, 0) is 50.2 Å². The Morgan fingerprint density at radius 3 is 2.15 bits per heavy atom. The van der Waals surface area contributed by atoms with Gasteiger partial charge in [-0.2, -0.15) is 0 Å². The van der Waals surface area contributed by atoms with E-state index in [1.54, 1.807) is 24.3 Å². The van der Waals surface area contributed by atoms with Crippen molar-refractivity contribution >= 4 is 17.7 Å². The number of aryl methyl sites for hydroxylation is 1. The molecule has 27 heavy (non-hydrogen) atoms. The summed E-state index contributed by atoms with van der Waals surface area (Å²) >= 11 is 0. The number of ketones is 1. The Kier molecular flexibility index (Phi) is 7.26. The molecule has 0 spiro atoms. The molecule has 0 atom stereocenters. The average molecular weight is 364 g/mol. The Balaban J connectivity index is 1.90. The van der Waals surface area contributed by atoms with Crippen LogP contribution in [0.4, 0.5) is 0 Å². The van der Waals surface area contributed by atoms with Crippen LogP contribution in [0.15, 0.2) is 72.8 Å². The normalized spacial score (nSPS) is 10.9. The summed E-state index contributed by atoms with van der Waals surface area (Å²) in [4.78, 5) is 35.5. The van der Waals surface area contributed by atoms with Gasteiger partial charge >= 0.3 is 11.9 Å². The van der Waals surface area contributed by atoms with Crippen molar-refractivity contribution in [3.63, 3.8) is 0 Å². The van der Waals surface area contributed by atoms with Gasteiger partial charge in [0.15, 0.2) is 12.4 Å². The van der Waals surface area contributed by atoms with E-state index in [1.165, 1.54) is 36.4 Å². The summed E-state index contributed by atoms with van der Waals surface area (Å²) in [6.07, 6.45) is 6.22. The highest BCUT2D eigenvalue weighted by molar-refractivity contribution is 5.98. The number of ether oxygens (including phenoxy) is 2. The molecule has 0 aliphatic carbocycles. The minimum Gasteiger partial charge on any atom is -0.454 e. The molecule has 0 aromatic heterocycles. The summed E-state index contributed by atoms with van der Waals surface area (Å²) in [5.41, 5.74) is 1.85. The third-order valence-electron chi connectivity index (χ3n) is 3.56. The number of Topliss-reactive ketones (excluding diaryl/α,β-unsaturated/α-hetero) is 1. The quantitative estimate of drug-likeness (QED) is 0.243. The number of allylic oxidation sites excluding steroid dienone is 3. The predicted molar refractivity (Wildman–Crippen MR) is 102 cm³/mol. The zero-order valence-electron chi connectivity index (χ0n) is 15.2. The number of hydrogen-bond donors (Lipinski definition) is 0. The molecule has 0 radical (unpaired) electrons. The van der Waals surface area contributed by atoms with Crippen LogP contribution in [0.3, 0.4) is 0 Å². The van der Waals surface area contributed by atoms with Crippen molar-refractivity contribution < 1.29 is 23.9 Å². The van der Waals surface area contributed by atoms with E-state index in [-0.39, 0.29) is 12.4 Å². The van der Waals surface area contributed by atoms with Crippen LogP contribution in [-0.2, 0) is 9.53 Å². The van der Waals surface area contributed by atoms with E-state index in [4.69, 9.17) is 9.47 Å². The Morgan fingerprint density at radius 1 is 0.889 bits per heavy atom. The van der Waals surface area contributed by atoms with Crippen molar-refractivity contribution in [2.45, 2.75) is 13.8 Å². The topological polar surface area (TPSA) is 69.7 Å². The lowest BCUT2D eigenvalue weighted by atomic mass is 10.1. The first-order valence-corrected chi connectivity index (χ1v) is 8.38. The summed E-state index contributed by atoms with van der Waals surface area (Å²) in [5.74, 6) is -1.09. The molecule has 0 unspecified atom stereocenters. The van der Waals surface area contributed by atoms with Crippen molar-refractivity contribution in [2.24, 2.45) is 0 Å². The molecular formula is C22H20O5. The molecule has 138 valence electrons. The van der Waals surface area contributed by atoms with Crippen LogP contribution in [-0.4, -0.2) is 24.3 Å². The van der Waals surface area contributed by atoms with Gasteiger partial charge in [0.1, 0.15) is 5.75 Å². The van der Waals surface area contributed by atoms with Crippen LogP contribution in [0.2, 0.25) is 0 Å². The largest absolute Gasteiger partial charge is 0.454 e. The van der Waals surface area contributed by atoms with E-state index in [0.29, 0.717) is 16.9 Å². The van der Waals surface area contributed by atoms with Crippen LogP contribution < -0.4 is 4.74 Å². The van der Waals surface area contributed by atoms with Crippen molar-refractivity contribution in [1.29, 1.82) is 0 Å². The summed E-state index contributed by atoms with van der Waals surface area (Å²) in [5, 5.41) is 0. The van der Waals surface area contributed by atoms with Crippen molar-refractivity contribution in [1.82, 2.24) is 0 Å². The molecule has 0 aliphatic heterocycles. The number of carbonyl (C=O) groups excluding carboxylic acids is 3. The number of carbonyl (C=O) groups is 3. The lowest BCUT2D eigenvalue weighted by Gasteiger charge is -2.06. The lowest BCUT2D eigenvalue weighted by Crippen LogP contribution is -2.13. The molecule has 0 amide bonds. The zero-order valence-corrected chi connectivity index (χ0v) is 15.2. The molecule has 5 nitrogen and oxygen atoms in total. The first kappa shape index (κ1) is 19.8. The molecule has 0 saturated carbocycles. The Bertz CT molecular complexity index is 859. The Morgan fingerprint density at radius 2 is 1.52 bits per heavy atom. The fourth-order valence-electron chi connectivity index (χ4n) is 2.08. The Hall–Kier alpha value is -3.47. The summed E-state index contributed by atoms with van der Waals surface area (Å²) in [6, 6.07) is 13.1. The highest BCUT2D eigenvalue weighted by Gasteiger charge is 2.11. The van der Waals surface area contributed by atoms with Gasteiger partial charge in [0.25, 0.3) is 0 Å². The molecule has 2 rings (SSSR count). The second kappa shape index (κ2) is 9.87. The average Bonchev–Trinajstić information content (AvgIpc) is 2.67. The molecular weight excluding hydrogens is 344 g/mol. The van der Waals surface area contributed by atoms with E-state index in [0.717, 1.165) is 5.56 Å². The van der Waals surface area contributed by atoms with Crippen LogP contribution >= 0.6 is 0 Å². The maximum Gasteiger partial charge on any atom is 0.343 e. The standard InChI is InChI=1S/C22H20O5/c1-3-4-5-6-21(24)26-15-20(23)17-11-13-19(14-12-17)27-22(25)18-9-7-16(2)8-10-18/h3-14H,15H2,1-2H3/b4-3+,6-5+. The third-order valence-corrected chi connectivity index (χ3v) is 3.56. The molecule has 0 heterocycles. The number of benzene rings is 2. The van der Waals surface area contributed by atoms with Crippen molar-refractivity contribution in [3.05, 3.63) is 89.5 Å². The second-order valence-electron chi connectivity index (χ2n) is 5.70.